The maximum atomic E-state index is 13.1. The fourth-order valence-electron chi connectivity index (χ4n) is 2.06. The van der Waals surface area contributed by atoms with Crippen molar-refractivity contribution in [2.45, 2.75) is 31.7 Å². The smallest absolute Gasteiger partial charge is 0.137 e. The third-order valence-corrected chi connectivity index (χ3v) is 4.60. The lowest BCUT2D eigenvalue weighted by Crippen LogP contribution is -2.22. The predicted octanol–water partition coefficient (Wildman–Crippen LogP) is 4.54. The number of thiophene rings is 1. The number of hydrogen-bond donors (Lipinski definition) is 1. The first-order chi connectivity index (χ1) is 9.15. The van der Waals surface area contributed by atoms with Crippen LogP contribution < -0.4 is 5.73 Å². The van der Waals surface area contributed by atoms with Crippen molar-refractivity contribution in [1.29, 1.82) is 0 Å². The fraction of sp³-hybridized carbons (Fsp3) is 0.333. The summed E-state index contributed by atoms with van der Waals surface area (Å²) < 4.78 is 13.6. The van der Waals surface area contributed by atoms with Gasteiger partial charge in [-0.25, -0.2) is 4.39 Å². The van der Waals surface area contributed by atoms with Crippen LogP contribution in [0.5, 0.6) is 0 Å². The van der Waals surface area contributed by atoms with Crippen molar-refractivity contribution in [3.8, 4) is 0 Å². The molecule has 4 heteroatoms. The molecule has 0 bridgehead atoms. The Bertz CT molecular complexity index is 513. The lowest BCUT2D eigenvalue weighted by molar-refractivity contribution is 0.579. The zero-order valence-electron chi connectivity index (χ0n) is 10.6. The Morgan fingerprint density at radius 1 is 1.32 bits per heavy atom. The van der Waals surface area contributed by atoms with Gasteiger partial charge in [-0.15, -0.1) is 11.3 Å². The van der Waals surface area contributed by atoms with Gasteiger partial charge in [0.25, 0.3) is 0 Å². The average Bonchev–Trinajstić information content (AvgIpc) is 2.87. The molecule has 1 unspecified atom stereocenters. The first-order valence-electron chi connectivity index (χ1n) is 6.37. The van der Waals surface area contributed by atoms with E-state index in [4.69, 9.17) is 5.73 Å². The zero-order chi connectivity index (χ0) is 13.7. The first-order valence-corrected chi connectivity index (χ1v) is 8.04. The molecule has 1 heterocycles. The Hall–Kier alpha value is -0.710. The summed E-state index contributed by atoms with van der Waals surface area (Å²) in [6.07, 6.45) is 3.98. The minimum Gasteiger partial charge on any atom is -0.327 e. The summed E-state index contributed by atoms with van der Waals surface area (Å²) in [5.41, 5.74) is 7.21. The monoisotopic (exact) mass is 341 g/mol. The molecule has 0 fully saturated rings. The molecule has 0 aliphatic carbocycles. The third kappa shape index (κ3) is 4.71. The molecule has 1 aromatic carbocycles. The van der Waals surface area contributed by atoms with Gasteiger partial charge < -0.3 is 5.73 Å². The van der Waals surface area contributed by atoms with Crippen LogP contribution in [0, 0.1) is 5.82 Å². The van der Waals surface area contributed by atoms with Crippen LogP contribution in [-0.4, -0.2) is 6.04 Å². The van der Waals surface area contributed by atoms with Gasteiger partial charge in [0.1, 0.15) is 5.82 Å². The van der Waals surface area contributed by atoms with E-state index in [1.807, 2.05) is 6.07 Å². The number of hydrogen-bond acceptors (Lipinski definition) is 2. The summed E-state index contributed by atoms with van der Waals surface area (Å²) in [4.78, 5) is 1.41. The molecule has 1 atom stereocenters. The van der Waals surface area contributed by atoms with E-state index < -0.39 is 0 Å². The standard InChI is InChI=1S/C15H17BrFNS/c16-14-10-11(6-7-15(14)17)9-12(18)3-1-4-13-5-2-8-19-13/h2,5-8,10,12H,1,3-4,9,18H2. The quantitative estimate of drug-likeness (QED) is 0.819. The van der Waals surface area contributed by atoms with Gasteiger partial charge in [0, 0.05) is 10.9 Å². The van der Waals surface area contributed by atoms with Gasteiger partial charge in [0.15, 0.2) is 0 Å². The molecule has 0 spiro atoms. The molecule has 2 rings (SSSR count). The van der Waals surface area contributed by atoms with Crippen molar-refractivity contribution < 1.29 is 4.39 Å². The van der Waals surface area contributed by atoms with Crippen molar-refractivity contribution in [2.24, 2.45) is 5.73 Å². The summed E-state index contributed by atoms with van der Waals surface area (Å²) >= 11 is 4.99. The number of aryl methyl sites for hydroxylation is 1. The van der Waals surface area contributed by atoms with Gasteiger partial charge in [0.05, 0.1) is 4.47 Å². The van der Waals surface area contributed by atoms with Gasteiger partial charge in [-0.05, 0) is 70.8 Å². The van der Waals surface area contributed by atoms with E-state index in [0.29, 0.717) is 4.47 Å². The summed E-state index contributed by atoms with van der Waals surface area (Å²) in [5.74, 6) is -0.227. The number of nitrogens with two attached hydrogens (primary N) is 1. The number of halogens is 2. The van der Waals surface area contributed by atoms with Crippen molar-refractivity contribution in [1.82, 2.24) is 0 Å². The highest BCUT2D eigenvalue weighted by Gasteiger charge is 2.07. The fourth-order valence-corrected chi connectivity index (χ4v) is 3.24. The SMILES string of the molecule is NC(CCCc1cccs1)Cc1ccc(F)c(Br)c1. The average molecular weight is 342 g/mol. The molecule has 0 amide bonds. The second kappa shape index (κ2) is 7.17. The second-order valence-corrected chi connectivity index (χ2v) is 6.57. The van der Waals surface area contributed by atoms with Crippen LogP contribution in [0.2, 0.25) is 0 Å². The predicted molar refractivity (Wildman–Crippen MR) is 83.0 cm³/mol. The molecule has 0 saturated carbocycles. The van der Waals surface area contributed by atoms with Gasteiger partial charge >= 0.3 is 0 Å². The molecule has 2 N–H and O–H groups in total. The molecule has 102 valence electrons. The molecular weight excluding hydrogens is 325 g/mol. The van der Waals surface area contributed by atoms with Crippen LogP contribution in [0.1, 0.15) is 23.3 Å². The van der Waals surface area contributed by atoms with Crippen LogP contribution in [0.25, 0.3) is 0 Å². The Morgan fingerprint density at radius 2 is 2.16 bits per heavy atom. The highest BCUT2D eigenvalue weighted by molar-refractivity contribution is 9.10. The zero-order valence-corrected chi connectivity index (χ0v) is 13.0. The Labute approximate surface area is 125 Å². The lowest BCUT2D eigenvalue weighted by atomic mass is 10.0. The lowest BCUT2D eigenvalue weighted by Gasteiger charge is -2.11. The highest BCUT2D eigenvalue weighted by atomic mass is 79.9. The van der Waals surface area contributed by atoms with Crippen molar-refractivity contribution in [2.75, 3.05) is 0 Å². The summed E-state index contributed by atoms with van der Waals surface area (Å²) in [7, 11) is 0. The number of rotatable bonds is 6. The molecule has 0 aliphatic rings. The molecule has 1 aromatic heterocycles. The van der Waals surface area contributed by atoms with Crippen LogP contribution in [0.15, 0.2) is 40.2 Å². The topological polar surface area (TPSA) is 26.0 Å². The van der Waals surface area contributed by atoms with E-state index in [-0.39, 0.29) is 11.9 Å². The molecular formula is C15H17BrFNS. The number of benzene rings is 1. The van der Waals surface area contributed by atoms with Gasteiger partial charge in [-0.3, -0.25) is 0 Å². The van der Waals surface area contributed by atoms with Gasteiger partial charge in [0.2, 0.25) is 0 Å². The van der Waals surface area contributed by atoms with Crippen LogP contribution in [0.4, 0.5) is 4.39 Å². The van der Waals surface area contributed by atoms with Crippen molar-refractivity contribution >= 4 is 27.3 Å². The van der Waals surface area contributed by atoms with E-state index in [1.54, 1.807) is 17.4 Å². The Kier molecular flexibility index (Phi) is 5.55. The Morgan fingerprint density at radius 3 is 2.84 bits per heavy atom. The molecule has 0 saturated heterocycles. The van der Waals surface area contributed by atoms with Crippen molar-refractivity contribution in [3.05, 3.63) is 56.4 Å². The van der Waals surface area contributed by atoms with Gasteiger partial charge in [-0.2, -0.15) is 0 Å². The summed E-state index contributed by atoms with van der Waals surface area (Å²) in [6.45, 7) is 0. The highest BCUT2D eigenvalue weighted by Crippen LogP contribution is 2.19. The van der Waals surface area contributed by atoms with E-state index in [1.165, 1.54) is 10.9 Å². The molecule has 0 aliphatic heterocycles. The van der Waals surface area contributed by atoms with Crippen LogP contribution in [-0.2, 0) is 12.8 Å². The summed E-state index contributed by atoms with van der Waals surface area (Å²) in [5, 5.41) is 2.10. The normalized spacial score (nSPS) is 12.6. The molecule has 2 aromatic rings. The van der Waals surface area contributed by atoms with Crippen LogP contribution >= 0.6 is 27.3 Å². The molecule has 19 heavy (non-hydrogen) atoms. The second-order valence-electron chi connectivity index (χ2n) is 4.68. The van der Waals surface area contributed by atoms with Gasteiger partial charge in [-0.1, -0.05) is 12.1 Å². The molecule has 1 nitrogen and oxygen atoms in total. The van der Waals surface area contributed by atoms with E-state index >= 15 is 0 Å². The minimum absolute atomic E-state index is 0.136. The van der Waals surface area contributed by atoms with E-state index in [2.05, 4.69) is 33.4 Å². The maximum absolute atomic E-state index is 13.1. The largest absolute Gasteiger partial charge is 0.327 e. The maximum Gasteiger partial charge on any atom is 0.137 e. The van der Waals surface area contributed by atoms with Crippen LogP contribution in [0.3, 0.4) is 0 Å². The molecule has 0 radical (unpaired) electrons. The third-order valence-electron chi connectivity index (χ3n) is 3.06. The summed E-state index contributed by atoms with van der Waals surface area (Å²) in [6, 6.07) is 9.48. The Balaban J connectivity index is 1.77. The van der Waals surface area contributed by atoms with E-state index in [0.717, 1.165) is 31.2 Å². The first kappa shape index (κ1) is 14.7. The van der Waals surface area contributed by atoms with Crippen molar-refractivity contribution in [3.63, 3.8) is 0 Å². The van der Waals surface area contributed by atoms with E-state index in [9.17, 15) is 4.39 Å². The minimum atomic E-state index is -0.227.